The first kappa shape index (κ1) is 17.0. The predicted octanol–water partition coefficient (Wildman–Crippen LogP) is 1.45. The molecule has 0 aliphatic rings. The number of carboxylic acids is 1. The zero-order chi connectivity index (χ0) is 15.5. The van der Waals surface area contributed by atoms with Crippen LogP contribution in [0.15, 0.2) is 30.3 Å². The highest BCUT2D eigenvalue weighted by Gasteiger charge is 2.12. The number of hydrogen-bond acceptors (Lipinski definition) is 3. The van der Waals surface area contributed by atoms with Crippen molar-refractivity contribution in [1.82, 2.24) is 10.2 Å². The van der Waals surface area contributed by atoms with E-state index in [0.717, 1.165) is 5.56 Å². The minimum atomic E-state index is -0.827. The van der Waals surface area contributed by atoms with Gasteiger partial charge in [0.1, 0.15) is 0 Å². The van der Waals surface area contributed by atoms with Gasteiger partial charge in [-0.3, -0.25) is 4.79 Å². The van der Waals surface area contributed by atoms with Crippen LogP contribution in [0.2, 0.25) is 0 Å². The Labute approximate surface area is 124 Å². The number of nitrogens with zero attached hydrogens (tertiary/aromatic N) is 1. The number of aliphatic hydroxyl groups excluding tert-OH is 1. The van der Waals surface area contributed by atoms with Crippen molar-refractivity contribution in [3.8, 4) is 0 Å². The van der Waals surface area contributed by atoms with Crippen molar-refractivity contribution in [3.05, 3.63) is 35.9 Å². The van der Waals surface area contributed by atoms with Crippen LogP contribution in [0.1, 0.15) is 24.8 Å². The standard InChI is InChI=1S/C15H22N2O4/c18-11-10-17(12-13-6-2-1-3-7-13)15(21)16-9-5-4-8-14(19)20/h1-3,6-7,18H,4-5,8-12H2,(H,16,21)(H,19,20). The van der Waals surface area contributed by atoms with Crippen molar-refractivity contribution in [1.29, 1.82) is 0 Å². The van der Waals surface area contributed by atoms with Gasteiger partial charge in [-0.1, -0.05) is 30.3 Å². The highest BCUT2D eigenvalue weighted by molar-refractivity contribution is 5.74. The van der Waals surface area contributed by atoms with Crippen LogP contribution in [-0.4, -0.2) is 46.8 Å². The largest absolute Gasteiger partial charge is 0.481 e. The number of rotatable bonds is 9. The second-order valence-corrected chi connectivity index (χ2v) is 4.71. The van der Waals surface area contributed by atoms with E-state index in [1.165, 1.54) is 4.90 Å². The van der Waals surface area contributed by atoms with Crippen LogP contribution in [0.25, 0.3) is 0 Å². The third kappa shape index (κ3) is 7.31. The van der Waals surface area contributed by atoms with Crippen LogP contribution >= 0.6 is 0 Å². The highest BCUT2D eigenvalue weighted by atomic mass is 16.4. The van der Waals surface area contributed by atoms with E-state index >= 15 is 0 Å². The van der Waals surface area contributed by atoms with Crippen molar-refractivity contribution in [2.24, 2.45) is 0 Å². The molecule has 0 aliphatic heterocycles. The molecule has 0 saturated carbocycles. The van der Waals surface area contributed by atoms with Gasteiger partial charge in [0.2, 0.25) is 0 Å². The molecule has 0 unspecified atom stereocenters. The SMILES string of the molecule is O=C(O)CCCCNC(=O)N(CCO)Cc1ccccc1. The number of benzene rings is 1. The number of hydrogen-bond donors (Lipinski definition) is 3. The van der Waals surface area contributed by atoms with E-state index in [-0.39, 0.29) is 25.6 Å². The van der Waals surface area contributed by atoms with Crippen LogP contribution in [-0.2, 0) is 11.3 Å². The lowest BCUT2D eigenvalue weighted by molar-refractivity contribution is -0.137. The van der Waals surface area contributed by atoms with Gasteiger partial charge in [0.25, 0.3) is 0 Å². The molecule has 0 spiro atoms. The summed E-state index contributed by atoms with van der Waals surface area (Å²) in [6.07, 6.45) is 1.27. The number of aliphatic carboxylic acids is 1. The number of unbranched alkanes of at least 4 members (excludes halogenated alkanes) is 1. The maximum Gasteiger partial charge on any atom is 0.317 e. The van der Waals surface area contributed by atoms with Crippen LogP contribution < -0.4 is 5.32 Å². The number of nitrogens with one attached hydrogen (secondary N) is 1. The van der Waals surface area contributed by atoms with E-state index in [1.54, 1.807) is 0 Å². The molecular formula is C15H22N2O4. The molecule has 6 heteroatoms. The molecule has 0 heterocycles. The number of aliphatic hydroxyl groups is 1. The smallest absolute Gasteiger partial charge is 0.317 e. The van der Waals surface area contributed by atoms with E-state index in [9.17, 15) is 9.59 Å². The van der Waals surface area contributed by atoms with Crippen LogP contribution in [0, 0.1) is 0 Å². The number of urea groups is 1. The lowest BCUT2D eigenvalue weighted by Crippen LogP contribution is -2.41. The van der Waals surface area contributed by atoms with Gasteiger partial charge in [-0.25, -0.2) is 4.79 Å². The summed E-state index contributed by atoms with van der Waals surface area (Å²) in [5.74, 6) is -0.827. The van der Waals surface area contributed by atoms with E-state index in [2.05, 4.69) is 5.32 Å². The molecule has 1 rings (SSSR count). The Morgan fingerprint density at radius 1 is 1.14 bits per heavy atom. The Balaban J connectivity index is 2.37. The van der Waals surface area contributed by atoms with Crippen molar-refractivity contribution in [2.75, 3.05) is 19.7 Å². The molecule has 0 atom stereocenters. The van der Waals surface area contributed by atoms with Crippen molar-refractivity contribution >= 4 is 12.0 Å². The van der Waals surface area contributed by atoms with Gasteiger partial charge in [0.05, 0.1) is 6.61 Å². The topological polar surface area (TPSA) is 89.9 Å². The summed E-state index contributed by atoms with van der Waals surface area (Å²) in [4.78, 5) is 23.9. The van der Waals surface area contributed by atoms with Gasteiger partial charge in [0.15, 0.2) is 0 Å². The first-order valence-corrected chi connectivity index (χ1v) is 7.03. The van der Waals surface area contributed by atoms with Crippen molar-refractivity contribution < 1.29 is 19.8 Å². The van der Waals surface area contributed by atoms with Gasteiger partial charge in [0, 0.05) is 26.1 Å². The number of amides is 2. The minimum Gasteiger partial charge on any atom is -0.481 e. The van der Waals surface area contributed by atoms with Gasteiger partial charge < -0.3 is 20.4 Å². The molecule has 0 aromatic heterocycles. The summed E-state index contributed by atoms with van der Waals surface area (Å²) in [7, 11) is 0. The summed E-state index contributed by atoms with van der Waals surface area (Å²) < 4.78 is 0. The molecule has 0 fully saturated rings. The van der Waals surface area contributed by atoms with E-state index in [1.807, 2.05) is 30.3 Å². The Kier molecular flexibility index (Phi) is 7.89. The molecule has 6 nitrogen and oxygen atoms in total. The fraction of sp³-hybridized carbons (Fsp3) is 0.467. The maximum absolute atomic E-state index is 12.0. The Morgan fingerprint density at radius 3 is 2.48 bits per heavy atom. The quantitative estimate of drug-likeness (QED) is 0.601. The summed E-state index contributed by atoms with van der Waals surface area (Å²) in [6.45, 7) is 1.03. The zero-order valence-corrected chi connectivity index (χ0v) is 12.0. The van der Waals surface area contributed by atoms with Gasteiger partial charge in [-0.15, -0.1) is 0 Å². The number of carbonyl (C=O) groups excluding carboxylic acids is 1. The Bertz CT molecular complexity index is 437. The molecule has 1 aromatic carbocycles. The normalized spacial score (nSPS) is 10.1. The van der Waals surface area contributed by atoms with Crippen molar-refractivity contribution in [3.63, 3.8) is 0 Å². The molecule has 116 valence electrons. The predicted molar refractivity (Wildman–Crippen MR) is 78.8 cm³/mol. The van der Waals surface area contributed by atoms with Gasteiger partial charge >= 0.3 is 12.0 Å². The average Bonchev–Trinajstić information content (AvgIpc) is 2.47. The lowest BCUT2D eigenvalue weighted by atomic mass is 10.2. The number of carboxylic acid groups (broad SMARTS) is 1. The lowest BCUT2D eigenvalue weighted by Gasteiger charge is -2.22. The fourth-order valence-electron chi connectivity index (χ4n) is 1.89. The molecular weight excluding hydrogens is 272 g/mol. The van der Waals surface area contributed by atoms with Crippen molar-refractivity contribution in [2.45, 2.75) is 25.8 Å². The molecule has 3 N–H and O–H groups in total. The molecule has 21 heavy (non-hydrogen) atoms. The maximum atomic E-state index is 12.0. The summed E-state index contributed by atoms with van der Waals surface area (Å²) >= 11 is 0. The van der Waals surface area contributed by atoms with Crippen LogP contribution in [0.3, 0.4) is 0 Å². The third-order valence-corrected chi connectivity index (χ3v) is 2.97. The third-order valence-electron chi connectivity index (χ3n) is 2.97. The zero-order valence-electron chi connectivity index (χ0n) is 12.0. The van der Waals surface area contributed by atoms with Crippen LogP contribution in [0.5, 0.6) is 0 Å². The first-order chi connectivity index (χ1) is 10.1. The van der Waals surface area contributed by atoms with Gasteiger partial charge in [-0.2, -0.15) is 0 Å². The first-order valence-electron chi connectivity index (χ1n) is 7.03. The summed E-state index contributed by atoms with van der Waals surface area (Å²) in [6, 6.07) is 9.30. The molecule has 2 amide bonds. The summed E-state index contributed by atoms with van der Waals surface area (Å²) in [5, 5.41) is 20.3. The molecule has 1 aromatic rings. The highest BCUT2D eigenvalue weighted by Crippen LogP contribution is 2.04. The average molecular weight is 294 g/mol. The van der Waals surface area contributed by atoms with E-state index < -0.39 is 5.97 Å². The Hall–Kier alpha value is -2.08. The van der Waals surface area contributed by atoms with Crippen LogP contribution in [0.4, 0.5) is 4.79 Å². The monoisotopic (exact) mass is 294 g/mol. The van der Waals surface area contributed by atoms with E-state index in [4.69, 9.17) is 10.2 Å². The number of carbonyl (C=O) groups is 2. The van der Waals surface area contributed by atoms with Gasteiger partial charge in [-0.05, 0) is 18.4 Å². The van der Waals surface area contributed by atoms with E-state index in [0.29, 0.717) is 25.9 Å². The molecule has 0 aliphatic carbocycles. The molecule has 0 radical (unpaired) electrons. The molecule has 0 bridgehead atoms. The second kappa shape index (κ2) is 9.77. The Morgan fingerprint density at radius 2 is 1.86 bits per heavy atom. The molecule has 0 saturated heterocycles. The second-order valence-electron chi connectivity index (χ2n) is 4.71. The summed E-state index contributed by atoms with van der Waals surface area (Å²) in [5.41, 5.74) is 0.993. The minimum absolute atomic E-state index is 0.0979. The fourth-order valence-corrected chi connectivity index (χ4v) is 1.89.